The summed E-state index contributed by atoms with van der Waals surface area (Å²) in [6.07, 6.45) is 8.72. The number of methoxy groups -OCH3 is 1. The van der Waals surface area contributed by atoms with Crippen LogP contribution >= 0.6 is 0 Å². The molecular weight excluding hydrogens is 210 g/mol. The first-order valence-corrected chi connectivity index (χ1v) is 7.58. The van der Waals surface area contributed by atoms with Gasteiger partial charge in [0.05, 0.1) is 6.61 Å². The predicted molar refractivity (Wildman–Crippen MR) is 69.9 cm³/mol. The van der Waals surface area contributed by atoms with E-state index in [0.29, 0.717) is 6.04 Å². The van der Waals surface area contributed by atoms with Gasteiger partial charge in [0.2, 0.25) is 0 Å². The summed E-state index contributed by atoms with van der Waals surface area (Å²) >= 11 is 0. The Bertz CT molecular complexity index is 268. The van der Waals surface area contributed by atoms with Crippen molar-refractivity contribution >= 4 is 0 Å². The van der Waals surface area contributed by atoms with Gasteiger partial charge >= 0.3 is 0 Å². The van der Waals surface area contributed by atoms with Gasteiger partial charge in [-0.3, -0.25) is 0 Å². The second kappa shape index (κ2) is 4.89. The molecule has 3 saturated carbocycles. The minimum Gasteiger partial charge on any atom is -0.383 e. The maximum Gasteiger partial charge on any atom is 0.0615 e. The third-order valence-corrected chi connectivity index (χ3v) is 5.74. The Morgan fingerprint density at radius 1 is 1.18 bits per heavy atom. The van der Waals surface area contributed by atoms with E-state index in [2.05, 4.69) is 12.2 Å². The molecule has 2 bridgehead atoms. The number of nitrogens with one attached hydrogen (secondary N) is 1. The summed E-state index contributed by atoms with van der Waals surface area (Å²) in [4.78, 5) is 0. The minimum absolute atomic E-state index is 0.573. The average Bonchev–Trinajstić information content (AvgIpc) is 2.99. The van der Waals surface area contributed by atoms with Crippen LogP contribution in [0.3, 0.4) is 0 Å². The van der Waals surface area contributed by atoms with Gasteiger partial charge in [-0.15, -0.1) is 0 Å². The maximum absolute atomic E-state index is 5.31. The van der Waals surface area contributed by atoms with E-state index in [-0.39, 0.29) is 0 Å². The third kappa shape index (κ3) is 2.04. The van der Waals surface area contributed by atoms with Crippen molar-refractivity contribution in [3.8, 4) is 0 Å². The summed E-state index contributed by atoms with van der Waals surface area (Å²) in [6, 6.07) is 1.38. The number of hydrogen-bond acceptors (Lipinski definition) is 2. The van der Waals surface area contributed by atoms with Crippen LogP contribution < -0.4 is 5.32 Å². The van der Waals surface area contributed by atoms with Crippen molar-refractivity contribution in [3.05, 3.63) is 0 Å². The molecule has 0 aromatic heterocycles. The van der Waals surface area contributed by atoms with Crippen molar-refractivity contribution < 1.29 is 4.74 Å². The van der Waals surface area contributed by atoms with Gasteiger partial charge < -0.3 is 10.1 Å². The zero-order valence-corrected chi connectivity index (χ0v) is 11.3. The van der Waals surface area contributed by atoms with Gasteiger partial charge in [0.25, 0.3) is 0 Å². The molecule has 0 aromatic carbocycles. The van der Waals surface area contributed by atoms with Crippen LogP contribution in [0.5, 0.6) is 0 Å². The molecule has 2 nitrogen and oxygen atoms in total. The molecule has 98 valence electrons. The van der Waals surface area contributed by atoms with Crippen molar-refractivity contribution in [3.63, 3.8) is 0 Å². The van der Waals surface area contributed by atoms with Crippen LogP contribution in [0.15, 0.2) is 0 Å². The highest BCUT2D eigenvalue weighted by molar-refractivity contribution is 5.05. The second-order valence-corrected chi connectivity index (χ2v) is 6.49. The van der Waals surface area contributed by atoms with Crippen LogP contribution in [0.25, 0.3) is 0 Å². The van der Waals surface area contributed by atoms with Crippen molar-refractivity contribution in [2.75, 3.05) is 13.7 Å². The first-order valence-electron chi connectivity index (χ1n) is 7.58. The van der Waals surface area contributed by atoms with Gasteiger partial charge in [-0.1, -0.05) is 13.3 Å². The lowest BCUT2D eigenvalue weighted by atomic mass is 9.79. The molecule has 3 rings (SSSR count). The summed E-state index contributed by atoms with van der Waals surface area (Å²) in [5.41, 5.74) is 0. The summed E-state index contributed by atoms with van der Waals surface area (Å²) in [6.45, 7) is 3.14. The summed E-state index contributed by atoms with van der Waals surface area (Å²) in [5, 5.41) is 3.89. The lowest BCUT2D eigenvalue weighted by Crippen LogP contribution is -2.46. The van der Waals surface area contributed by atoms with Crippen LogP contribution in [0.1, 0.15) is 45.4 Å². The van der Waals surface area contributed by atoms with Crippen molar-refractivity contribution in [2.45, 2.75) is 57.5 Å². The van der Waals surface area contributed by atoms with E-state index in [9.17, 15) is 0 Å². The van der Waals surface area contributed by atoms with E-state index in [0.717, 1.165) is 36.3 Å². The molecule has 3 fully saturated rings. The van der Waals surface area contributed by atoms with Crippen molar-refractivity contribution in [1.82, 2.24) is 5.32 Å². The van der Waals surface area contributed by atoms with Crippen LogP contribution in [-0.4, -0.2) is 25.8 Å². The van der Waals surface area contributed by atoms with E-state index >= 15 is 0 Å². The normalized spacial score (nSPS) is 45.2. The Hall–Kier alpha value is -0.0800. The molecule has 0 amide bonds. The highest BCUT2D eigenvalue weighted by Gasteiger charge is 2.53. The topological polar surface area (TPSA) is 21.3 Å². The standard InChI is InChI=1S/C15H27NO/c1-3-11(9-17-2)16-15-8-10-7-14(15)13-6-4-5-12(10)13/h10-16H,3-9H2,1-2H3. The third-order valence-electron chi connectivity index (χ3n) is 5.74. The molecule has 0 spiro atoms. The zero-order chi connectivity index (χ0) is 11.8. The Morgan fingerprint density at radius 2 is 2.00 bits per heavy atom. The second-order valence-electron chi connectivity index (χ2n) is 6.49. The predicted octanol–water partition coefficient (Wildman–Crippen LogP) is 2.83. The summed E-state index contributed by atoms with van der Waals surface area (Å²) in [7, 11) is 1.82. The SMILES string of the molecule is CCC(COC)NC1CC2CC1C1CCCC21. The first kappa shape index (κ1) is 12.0. The van der Waals surface area contributed by atoms with E-state index < -0.39 is 0 Å². The molecule has 0 aliphatic heterocycles. The van der Waals surface area contributed by atoms with Crippen LogP contribution in [0.2, 0.25) is 0 Å². The molecular formula is C15H27NO. The molecule has 3 aliphatic rings. The van der Waals surface area contributed by atoms with Gasteiger partial charge in [-0.2, -0.15) is 0 Å². The van der Waals surface area contributed by atoms with Crippen LogP contribution in [0, 0.1) is 23.7 Å². The molecule has 1 N–H and O–H groups in total. The Morgan fingerprint density at radius 3 is 2.76 bits per heavy atom. The van der Waals surface area contributed by atoms with E-state index in [4.69, 9.17) is 4.74 Å². The lowest BCUT2D eigenvalue weighted by molar-refractivity contribution is 0.136. The minimum atomic E-state index is 0.573. The van der Waals surface area contributed by atoms with Gasteiger partial charge in [0, 0.05) is 19.2 Å². The van der Waals surface area contributed by atoms with Crippen LogP contribution in [-0.2, 0) is 4.74 Å². The smallest absolute Gasteiger partial charge is 0.0615 e. The molecule has 0 aromatic rings. The highest BCUT2D eigenvalue weighted by atomic mass is 16.5. The summed E-state index contributed by atoms with van der Waals surface area (Å²) < 4.78 is 5.31. The van der Waals surface area contributed by atoms with Gasteiger partial charge in [-0.25, -0.2) is 0 Å². The molecule has 6 atom stereocenters. The Labute approximate surface area is 105 Å². The molecule has 0 saturated heterocycles. The number of ether oxygens (including phenoxy) is 1. The largest absolute Gasteiger partial charge is 0.383 e. The van der Waals surface area contributed by atoms with Crippen LogP contribution in [0.4, 0.5) is 0 Å². The van der Waals surface area contributed by atoms with E-state index in [1.54, 1.807) is 0 Å². The number of hydrogen-bond donors (Lipinski definition) is 1. The Balaban J connectivity index is 1.59. The fourth-order valence-electron chi connectivity index (χ4n) is 5.05. The molecule has 0 radical (unpaired) electrons. The number of fused-ring (bicyclic) bond motifs is 5. The van der Waals surface area contributed by atoms with Gasteiger partial charge in [-0.05, 0) is 55.8 Å². The van der Waals surface area contributed by atoms with E-state index in [1.807, 2.05) is 7.11 Å². The average molecular weight is 237 g/mol. The van der Waals surface area contributed by atoms with Crippen molar-refractivity contribution in [2.24, 2.45) is 23.7 Å². The first-order chi connectivity index (χ1) is 8.33. The number of rotatable bonds is 5. The van der Waals surface area contributed by atoms with Crippen molar-refractivity contribution in [1.29, 1.82) is 0 Å². The molecule has 6 unspecified atom stereocenters. The quantitative estimate of drug-likeness (QED) is 0.794. The monoisotopic (exact) mass is 237 g/mol. The Kier molecular flexibility index (Phi) is 3.45. The lowest BCUT2D eigenvalue weighted by Gasteiger charge is -2.34. The molecule has 2 heteroatoms. The molecule has 3 aliphatic carbocycles. The zero-order valence-electron chi connectivity index (χ0n) is 11.3. The van der Waals surface area contributed by atoms with Gasteiger partial charge in [0.1, 0.15) is 0 Å². The fourth-order valence-corrected chi connectivity index (χ4v) is 5.05. The molecule has 0 heterocycles. The fraction of sp³-hybridized carbons (Fsp3) is 1.00. The van der Waals surface area contributed by atoms with E-state index in [1.165, 1.54) is 38.5 Å². The maximum atomic E-state index is 5.31. The van der Waals surface area contributed by atoms with Gasteiger partial charge in [0.15, 0.2) is 0 Å². The summed E-state index contributed by atoms with van der Waals surface area (Å²) in [5.74, 6) is 4.25. The highest BCUT2D eigenvalue weighted by Crippen LogP contribution is 2.58. The molecule has 17 heavy (non-hydrogen) atoms.